The van der Waals surface area contributed by atoms with Gasteiger partial charge in [-0.3, -0.25) is 0 Å². The lowest BCUT2D eigenvalue weighted by Crippen LogP contribution is -2.39. The summed E-state index contributed by atoms with van der Waals surface area (Å²) in [7, 11) is 0. The zero-order valence-electron chi connectivity index (χ0n) is 8.99. The minimum absolute atomic E-state index is 0.167. The maximum Gasteiger partial charge on any atom is 0.376 e. The van der Waals surface area contributed by atoms with E-state index in [-0.39, 0.29) is 11.7 Å². The van der Waals surface area contributed by atoms with Crippen molar-refractivity contribution in [2.45, 2.75) is 38.4 Å². The standard InChI is InChI=1S/C12H16O3/c1-7-11(13)15-12(2,14-7)10-6-8-3-4-9(10)5-8/h8-10H,1,3-6H2,2H3. The summed E-state index contributed by atoms with van der Waals surface area (Å²) in [5, 5.41) is 0. The summed E-state index contributed by atoms with van der Waals surface area (Å²) in [5.74, 6) is 0.931. The van der Waals surface area contributed by atoms with Gasteiger partial charge < -0.3 is 9.47 Å². The number of cyclic esters (lactones) is 1. The van der Waals surface area contributed by atoms with Crippen molar-refractivity contribution in [3.63, 3.8) is 0 Å². The predicted molar refractivity (Wildman–Crippen MR) is 53.7 cm³/mol. The summed E-state index contributed by atoms with van der Waals surface area (Å²) in [6, 6.07) is 0. The van der Waals surface area contributed by atoms with Crippen LogP contribution in [0, 0.1) is 17.8 Å². The van der Waals surface area contributed by atoms with E-state index in [1.54, 1.807) is 0 Å². The molecule has 0 N–H and O–H groups in total. The van der Waals surface area contributed by atoms with Crippen LogP contribution >= 0.6 is 0 Å². The Morgan fingerprint density at radius 1 is 1.33 bits per heavy atom. The van der Waals surface area contributed by atoms with Crippen LogP contribution in [0.3, 0.4) is 0 Å². The summed E-state index contributed by atoms with van der Waals surface area (Å²) in [5.41, 5.74) is 0. The zero-order valence-corrected chi connectivity index (χ0v) is 8.99. The second-order valence-electron chi connectivity index (χ2n) is 5.21. The maximum atomic E-state index is 11.3. The maximum absolute atomic E-state index is 11.3. The van der Waals surface area contributed by atoms with Crippen molar-refractivity contribution in [1.82, 2.24) is 0 Å². The molecule has 1 heterocycles. The zero-order chi connectivity index (χ0) is 10.6. The lowest BCUT2D eigenvalue weighted by molar-refractivity contribution is -0.192. The number of ether oxygens (including phenoxy) is 2. The van der Waals surface area contributed by atoms with Crippen LogP contribution in [0.1, 0.15) is 32.6 Å². The molecule has 2 aliphatic carbocycles. The Morgan fingerprint density at radius 3 is 2.60 bits per heavy atom. The van der Waals surface area contributed by atoms with Crippen LogP contribution in [0.15, 0.2) is 12.3 Å². The van der Waals surface area contributed by atoms with E-state index in [0.29, 0.717) is 11.8 Å². The molecule has 3 rings (SSSR count). The Kier molecular flexibility index (Phi) is 1.71. The van der Waals surface area contributed by atoms with E-state index in [4.69, 9.17) is 9.47 Å². The molecule has 2 bridgehead atoms. The van der Waals surface area contributed by atoms with E-state index in [1.165, 1.54) is 19.3 Å². The van der Waals surface area contributed by atoms with Crippen molar-refractivity contribution in [3.05, 3.63) is 12.3 Å². The molecule has 2 saturated carbocycles. The monoisotopic (exact) mass is 208 g/mol. The highest BCUT2D eigenvalue weighted by atomic mass is 16.8. The molecule has 4 unspecified atom stereocenters. The van der Waals surface area contributed by atoms with Gasteiger partial charge in [0, 0.05) is 12.8 Å². The minimum atomic E-state index is -0.728. The number of rotatable bonds is 1. The summed E-state index contributed by atoms with van der Waals surface area (Å²) < 4.78 is 10.9. The van der Waals surface area contributed by atoms with E-state index >= 15 is 0 Å². The van der Waals surface area contributed by atoms with Crippen LogP contribution in [-0.4, -0.2) is 11.8 Å². The normalized spacial score (nSPS) is 48.2. The van der Waals surface area contributed by atoms with Crippen molar-refractivity contribution < 1.29 is 14.3 Å². The average Bonchev–Trinajstić information content (AvgIpc) is 2.82. The fourth-order valence-electron chi connectivity index (χ4n) is 3.59. The van der Waals surface area contributed by atoms with Crippen LogP contribution in [0.5, 0.6) is 0 Å². The lowest BCUT2D eigenvalue weighted by atomic mass is 9.83. The van der Waals surface area contributed by atoms with Gasteiger partial charge in [-0.15, -0.1) is 0 Å². The van der Waals surface area contributed by atoms with Crippen LogP contribution in [0.25, 0.3) is 0 Å². The Balaban J connectivity index is 1.83. The van der Waals surface area contributed by atoms with Gasteiger partial charge >= 0.3 is 5.97 Å². The van der Waals surface area contributed by atoms with Gasteiger partial charge in [-0.05, 0) is 37.7 Å². The second-order valence-corrected chi connectivity index (χ2v) is 5.21. The van der Waals surface area contributed by atoms with Crippen molar-refractivity contribution in [2.75, 3.05) is 0 Å². The molecular formula is C12H16O3. The number of esters is 1. The number of hydrogen-bond donors (Lipinski definition) is 0. The summed E-state index contributed by atoms with van der Waals surface area (Å²) in [4.78, 5) is 11.3. The third kappa shape index (κ3) is 1.22. The SMILES string of the molecule is C=C1OC(C)(C2CC3CCC2C3)OC1=O. The van der Waals surface area contributed by atoms with Crippen LogP contribution in [-0.2, 0) is 14.3 Å². The topological polar surface area (TPSA) is 35.5 Å². The Labute approximate surface area is 89.4 Å². The first kappa shape index (κ1) is 9.25. The first-order valence-corrected chi connectivity index (χ1v) is 5.70. The number of carbonyl (C=O) groups excluding carboxylic acids is 1. The van der Waals surface area contributed by atoms with Crippen molar-refractivity contribution in [3.8, 4) is 0 Å². The van der Waals surface area contributed by atoms with E-state index in [1.807, 2.05) is 6.92 Å². The molecule has 82 valence electrons. The molecule has 0 aromatic rings. The Bertz CT molecular complexity index is 318. The van der Waals surface area contributed by atoms with E-state index in [9.17, 15) is 4.79 Å². The van der Waals surface area contributed by atoms with Crippen molar-refractivity contribution in [2.24, 2.45) is 17.8 Å². The molecular weight excluding hydrogens is 192 g/mol. The van der Waals surface area contributed by atoms with Gasteiger partial charge in [-0.1, -0.05) is 6.42 Å². The third-order valence-electron chi connectivity index (χ3n) is 4.26. The lowest BCUT2D eigenvalue weighted by Gasteiger charge is -2.33. The smallest absolute Gasteiger partial charge is 0.376 e. The van der Waals surface area contributed by atoms with Crippen molar-refractivity contribution in [1.29, 1.82) is 0 Å². The number of fused-ring (bicyclic) bond motifs is 2. The number of carbonyl (C=O) groups is 1. The van der Waals surface area contributed by atoms with Gasteiger partial charge in [-0.2, -0.15) is 0 Å². The van der Waals surface area contributed by atoms with Gasteiger partial charge in [0.15, 0.2) is 0 Å². The molecule has 4 atom stereocenters. The van der Waals surface area contributed by atoms with E-state index in [0.717, 1.165) is 12.3 Å². The second kappa shape index (κ2) is 2.77. The Hall–Kier alpha value is -0.990. The molecule has 3 aliphatic rings. The first-order valence-electron chi connectivity index (χ1n) is 5.70. The fraction of sp³-hybridized carbons (Fsp3) is 0.750. The van der Waals surface area contributed by atoms with Crippen molar-refractivity contribution >= 4 is 5.97 Å². The fourth-order valence-corrected chi connectivity index (χ4v) is 3.59. The first-order chi connectivity index (χ1) is 7.08. The molecule has 1 saturated heterocycles. The van der Waals surface area contributed by atoms with Crippen LogP contribution in [0.2, 0.25) is 0 Å². The van der Waals surface area contributed by atoms with Gasteiger partial charge in [0.2, 0.25) is 5.76 Å². The quantitative estimate of drug-likeness (QED) is 0.489. The molecule has 0 aromatic heterocycles. The highest BCUT2D eigenvalue weighted by molar-refractivity contribution is 5.87. The summed E-state index contributed by atoms with van der Waals surface area (Å²) >= 11 is 0. The molecule has 3 nitrogen and oxygen atoms in total. The van der Waals surface area contributed by atoms with Gasteiger partial charge in [0.1, 0.15) is 0 Å². The highest BCUT2D eigenvalue weighted by Crippen LogP contribution is 2.54. The average molecular weight is 208 g/mol. The van der Waals surface area contributed by atoms with Gasteiger partial charge in [0.25, 0.3) is 5.79 Å². The molecule has 15 heavy (non-hydrogen) atoms. The molecule has 3 fully saturated rings. The number of hydrogen-bond acceptors (Lipinski definition) is 3. The molecule has 0 aromatic carbocycles. The third-order valence-corrected chi connectivity index (χ3v) is 4.26. The van der Waals surface area contributed by atoms with Gasteiger partial charge in [-0.25, -0.2) is 4.79 Å². The van der Waals surface area contributed by atoms with Gasteiger partial charge in [0.05, 0.1) is 0 Å². The summed E-state index contributed by atoms with van der Waals surface area (Å²) in [6.07, 6.45) is 5.03. The molecule has 0 radical (unpaired) electrons. The molecule has 1 aliphatic heterocycles. The van der Waals surface area contributed by atoms with Crippen LogP contribution in [0.4, 0.5) is 0 Å². The molecule has 0 amide bonds. The van der Waals surface area contributed by atoms with Crippen LogP contribution < -0.4 is 0 Å². The van der Waals surface area contributed by atoms with E-state index in [2.05, 4.69) is 6.58 Å². The largest absolute Gasteiger partial charge is 0.445 e. The summed E-state index contributed by atoms with van der Waals surface area (Å²) in [6.45, 7) is 5.45. The van der Waals surface area contributed by atoms with E-state index < -0.39 is 5.79 Å². The minimum Gasteiger partial charge on any atom is -0.445 e. The molecule has 3 heteroatoms. The molecule has 0 spiro atoms. The Morgan fingerprint density at radius 2 is 2.13 bits per heavy atom. The highest BCUT2D eigenvalue weighted by Gasteiger charge is 2.55. The predicted octanol–water partition coefficient (Wildman–Crippen LogP) is 2.23.